The normalized spacial score (nSPS) is 14.4. The van der Waals surface area contributed by atoms with Crippen LogP contribution in [0.2, 0.25) is 0 Å². The van der Waals surface area contributed by atoms with Gasteiger partial charge in [-0.25, -0.2) is 22.2 Å². The Kier molecular flexibility index (Phi) is 5.39. The molecule has 1 aromatic heterocycles. The first-order valence-electron chi connectivity index (χ1n) is 9.06. The summed E-state index contributed by atoms with van der Waals surface area (Å²) >= 11 is 1.09. The zero-order valence-corrected chi connectivity index (χ0v) is 17.5. The average molecular weight is 450 g/mol. The Balaban J connectivity index is 1.54. The van der Waals surface area contributed by atoms with Crippen molar-refractivity contribution in [2.24, 2.45) is 0 Å². The van der Waals surface area contributed by atoms with Crippen molar-refractivity contribution in [2.75, 3.05) is 11.9 Å². The summed E-state index contributed by atoms with van der Waals surface area (Å²) in [6, 6.07) is 9.79. The fraction of sp³-hybridized carbons (Fsp3) is 0.200. The lowest BCUT2D eigenvalue weighted by Gasteiger charge is -2.25. The molecular formula is C20H17F2N3O3S2. The molecule has 0 saturated heterocycles. The van der Waals surface area contributed by atoms with Crippen molar-refractivity contribution in [3.63, 3.8) is 0 Å². The molecule has 0 saturated carbocycles. The highest BCUT2D eigenvalue weighted by molar-refractivity contribution is 7.89. The number of hydrogen-bond acceptors (Lipinski definition) is 5. The summed E-state index contributed by atoms with van der Waals surface area (Å²) < 4.78 is 54.8. The van der Waals surface area contributed by atoms with Crippen molar-refractivity contribution in [2.45, 2.75) is 24.8 Å². The molecule has 0 atom stereocenters. The smallest absolute Gasteiger partial charge is 0.263 e. The number of anilines is 1. The van der Waals surface area contributed by atoms with Gasteiger partial charge >= 0.3 is 0 Å². The molecule has 2 aromatic carbocycles. The maximum Gasteiger partial charge on any atom is 0.263 e. The number of fused-ring (bicyclic) bond motifs is 1. The Hall–Kier alpha value is -2.69. The van der Waals surface area contributed by atoms with E-state index in [1.54, 1.807) is 24.3 Å². The second-order valence-electron chi connectivity index (χ2n) is 6.84. The molecule has 0 aliphatic carbocycles. The zero-order chi connectivity index (χ0) is 21.5. The van der Waals surface area contributed by atoms with Crippen LogP contribution >= 0.6 is 11.3 Å². The number of nitrogens with zero attached hydrogens (tertiary/aromatic N) is 2. The first kappa shape index (κ1) is 20.6. The topological polar surface area (TPSA) is 79.4 Å². The van der Waals surface area contributed by atoms with Gasteiger partial charge in [0.15, 0.2) is 5.13 Å². The number of amides is 1. The van der Waals surface area contributed by atoms with Gasteiger partial charge in [-0.3, -0.25) is 10.1 Å². The van der Waals surface area contributed by atoms with E-state index in [2.05, 4.69) is 10.3 Å². The number of benzene rings is 2. The van der Waals surface area contributed by atoms with Gasteiger partial charge < -0.3 is 0 Å². The number of sulfonamides is 1. The number of carbonyl (C=O) groups excluding carboxylic acids is 1. The van der Waals surface area contributed by atoms with Crippen LogP contribution in [0.25, 0.3) is 0 Å². The van der Waals surface area contributed by atoms with Crippen LogP contribution in [0, 0.1) is 18.6 Å². The number of halogens is 2. The maximum absolute atomic E-state index is 13.8. The van der Waals surface area contributed by atoms with E-state index in [0.29, 0.717) is 17.0 Å². The van der Waals surface area contributed by atoms with Gasteiger partial charge in [0.05, 0.1) is 17.1 Å². The quantitative estimate of drug-likeness (QED) is 0.658. The molecule has 0 bridgehead atoms. The first-order valence-corrected chi connectivity index (χ1v) is 11.3. The van der Waals surface area contributed by atoms with E-state index in [0.717, 1.165) is 29.0 Å². The van der Waals surface area contributed by atoms with Gasteiger partial charge in [0, 0.05) is 17.8 Å². The minimum absolute atomic E-state index is 0.118. The molecule has 3 aromatic rings. The third-order valence-corrected chi connectivity index (χ3v) is 7.62. The molecule has 6 nitrogen and oxygen atoms in total. The minimum Gasteiger partial charge on any atom is -0.298 e. The molecule has 30 heavy (non-hydrogen) atoms. The molecule has 1 aliphatic rings. The second kappa shape index (κ2) is 7.86. The van der Waals surface area contributed by atoms with Gasteiger partial charge in [0.25, 0.3) is 5.91 Å². The van der Waals surface area contributed by atoms with E-state index in [1.165, 1.54) is 10.4 Å². The number of rotatable bonds is 4. The number of hydrogen-bond donors (Lipinski definition) is 1. The summed E-state index contributed by atoms with van der Waals surface area (Å²) in [5.41, 5.74) is 0.943. The highest BCUT2D eigenvalue weighted by Gasteiger charge is 2.31. The molecule has 1 N–H and O–H groups in total. The van der Waals surface area contributed by atoms with Crippen LogP contribution in [-0.4, -0.2) is 30.2 Å². The molecule has 156 valence electrons. The number of thiazole rings is 1. The van der Waals surface area contributed by atoms with E-state index in [4.69, 9.17) is 0 Å². The largest absolute Gasteiger partial charge is 0.298 e. The molecule has 0 unspecified atom stereocenters. The summed E-state index contributed by atoms with van der Waals surface area (Å²) in [4.78, 5) is 17.5. The summed E-state index contributed by atoms with van der Waals surface area (Å²) in [5.74, 6) is -2.88. The Morgan fingerprint density at radius 2 is 1.80 bits per heavy atom. The van der Waals surface area contributed by atoms with Crippen molar-refractivity contribution < 1.29 is 22.0 Å². The van der Waals surface area contributed by atoms with Gasteiger partial charge in [-0.1, -0.05) is 23.8 Å². The number of carbonyl (C=O) groups is 1. The van der Waals surface area contributed by atoms with Gasteiger partial charge in [-0.2, -0.15) is 4.31 Å². The van der Waals surface area contributed by atoms with E-state index < -0.39 is 33.1 Å². The lowest BCUT2D eigenvalue weighted by molar-refractivity contribution is 0.101. The van der Waals surface area contributed by atoms with E-state index in [1.807, 2.05) is 6.92 Å². The molecular weight excluding hydrogens is 432 g/mol. The average Bonchev–Trinajstić information content (AvgIpc) is 3.09. The molecule has 0 radical (unpaired) electrons. The predicted molar refractivity (Wildman–Crippen MR) is 109 cm³/mol. The SMILES string of the molecule is Cc1ccc(S(=O)(=O)N2CCc3nc(NC(=O)c4c(F)cccc4F)sc3C2)cc1. The van der Waals surface area contributed by atoms with Gasteiger partial charge in [-0.05, 0) is 31.2 Å². The number of nitrogens with one attached hydrogen (secondary N) is 1. The Morgan fingerprint density at radius 3 is 2.47 bits per heavy atom. The third-order valence-electron chi connectivity index (χ3n) is 4.77. The fourth-order valence-corrected chi connectivity index (χ4v) is 5.67. The van der Waals surface area contributed by atoms with Crippen molar-refractivity contribution in [1.82, 2.24) is 9.29 Å². The van der Waals surface area contributed by atoms with Crippen LogP contribution in [0.1, 0.15) is 26.5 Å². The van der Waals surface area contributed by atoms with Crippen molar-refractivity contribution in [3.8, 4) is 0 Å². The lowest BCUT2D eigenvalue weighted by atomic mass is 10.2. The molecule has 1 amide bonds. The van der Waals surface area contributed by atoms with E-state index in [9.17, 15) is 22.0 Å². The Bertz CT molecular complexity index is 1200. The first-order chi connectivity index (χ1) is 14.3. The van der Waals surface area contributed by atoms with Gasteiger partial charge in [-0.15, -0.1) is 11.3 Å². The van der Waals surface area contributed by atoms with Crippen molar-refractivity contribution in [3.05, 3.63) is 75.8 Å². The van der Waals surface area contributed by atoms with Crippen molar-refractivity contribution in [1.29, 1.82) is 0 Å². The van der Waals surface area contributed by atoms with Gasteiger partial charge in [0.1, 0.15) is 17.2 Å². The monoisotopic (exact) mass is 449 g/mol. The van der Waals surface area contributed by atoms with Gasteiger partial charge in [0.2, 0.25) is 10.0 Å². The summed E-state index contributed by atoms with van der Waals surface area (Å²) in [6.45, 7) is 2.25. The third kappa shape index (κ3) is 3.85. The summed E-state index contributed by atoms with van der Waals surface area (Å²) in [7, 11) is -3.66. The Labute approximate surface area is 176 Å². The summed E-state index contributed by atoms with van der Waals surface area (Å²) in [6.07, 6.45) is 0.376. The molecule has 2 heterocycles. The maximum atomic E-state index is 13.8. The van der Waals surface area contributed by atoms with Crippen LogP contribution in [0.15, 0.2) is 47.4 Å². The fourth-order valence-electron chi connectivity index (χ4n) is 3.16. The van der Waals surface area contributed by atoms with Crippen LogP contribution in [0.3, 0.4) is 0 Å². The standard InChI is InChI=1S/C20H17F2N3O3S2/c1-12-5-7-13(8-6-12)30(27,28)25-10-9-16-17(11-25)29-20(23-16)24-19(26)18-14(21)3-2-4-15(18)22/h2-8H,9-11H2,1H3,(H,23,24,26). The zero-order valence-electron chi connectivity index (χ0n) is 15.9. The summed E-state index contributed by atoms with van der Waals surface area (Å²) in [5, 5.41) is 2.58. The Morgan fingerprint density at radius 1 is 1.13 bits per heavy atom. The van der Waals surface area contributed by atoms with Crippen LogP contribution in [-0.2, 0) is 23.0 Å². The van der Waals surface area contributed by atoms with Crippen LogP contribution < -0.4 is 5.32 Å². The number of aromatic nitrogens is 1. The highest BCUT2D eigenvalue weighted by Crippen LogP contribution is 2.31. The minimum atomic E-state index is -3.66. The number of aryl methyl sites for hydroxylation is 1. The van der Waals surface area contributed by atoms with Crippen LogP contribution in [0.4, 0.5) is 13.9 Å². The van der Waals surface area contributed by atoms with E-state index in [-0.39, 0.29) is 23.1 Å². The molecule has 10 heteroatoms. The van der Waals surface area contributed by atoms with Crippen molar-refractivity contribution >= 4 is 32.4 Å². The molecule has 0 spiro atoms. The predicted octanol–water partition coefficient (Wildman–Crippen LogP) is 3.73. The lowest BCUT2D eigenvalue weighted by Crippen LogP contribution is -2.35. The second-order valence-corrected chi connectivity index (χ2v) is 9.86. The highest BCUT2D eigenvalue weighted by atomic mass is 32.2. The molecule has 4 rings (SSSR count). The molecule has 1 aliphatic heterocycles. The molecule has 0 fully saturated rings. The van der Waals surface area contributed by atoms with E-state index >= 15 is 0 Å². The van der Waals surface area contributed by atoms with Crippen LogP contribution in [0.5, 0.6) is 0 Å².